The average molecular weight is 499 g/mol. The van der Waals surface area contributed by atoms with Crippen LogP contribution in [0.5, 0.6) is 5.75 Å². The molecule has 3 aromatic rings. The highest BCUT2D eigenvalue weighted by Gasteiger charge is 2.69. The van der Waals surface area contributed by atoms with Gasteiger partial charge < -0.3 is 15.0 Å². The van der Waals surface area contributed by atoms with Crippen LogP contribution < -0.4 is 15.0 Å². The van der Waals surface area contributed by atoms with Crippen LogP contribution in [-0.2, 0) is 15.0 Å². The number of hydrogen-bond acceptors (Lipinski definition) is 5. The lowest BCUT2D eigenvalue weighted by molar-refractivity contribution is -0.122. The van der Waals surface area contributed by atoms with E-state index in [9.17, 15) is 14.4 Å². The molecule has 1 fully saturated rings. The molecule has 7 heteroatoms. The molecule has 180 valence electrons. The fourth-order valence-electron chi connectivity index (χ4n) is 6.27. The Labute approximate surface area is 213 Å². The Morgan fingerprint density at radius 3 is 2.56 bits per heavy atom. The largest absolute Gasteiger partial charge is 0.497 e. The number of anilines is 2. The highest BCUT2D eigenvalue weighted by atomic mass is 35.5. The number of nitrogens with one attached hydrogen (secondary N) is 1. The second kappa shape index (κ2) is 8.07. The van der Waals surface area contributed by atoms with Crippen LogP contribution in [0.4, 0.5) is 11.4 Å². The van der Waals surface area contributed by atoms with Crippen LogP contribution in [0, 0.1) is 5.92 Å². The summed E-state index contributed by atoms with van der Waals surface area (Å²) >= 11 is 6.48. The van der Waals surface area contributed by atoms with Gasteiger partial charge in [0.1, 0.15) is 11.2 Å². The van der Waals surface area contributed by atoms with Crippen molar-refractivity contribution in [1.29, 1.82) is 0 Å². The van der Waals surface area contributed by atoms with Gasteiger partial charge in [-0.2, -0.15) is 0 Å². The number of amides is 1. The third-order valence-electron chi connectivity index (χ3n) is 7.68. The number of para-hydroxylation sites is 1. The van der Waals surface area contributed by atoms with Crippen molar-refractivity contribution in [2.24, 2.45) is 5.92 Å². The zero-order chi connectivity index (χ0) is 25.2. The van der Waals surface area contributed by atoms with Crippen molar-refractivity contribution in [2.75, 3.05) is 17.3 Å². The van der Waals surface area contributed by atoms with Gasteiger partial charge in [-0.25, -0.2) is 0 Å². The fraction of sp³-hybridized carbons (Fsp3) is 0.207. The Balaban J connectivity index is 1.66. The number of carbonyl (C=O) groups excluding carboxylic acids is 3. The van der Waals surface area contributed by atoms with Crippen molar-refractivity contribution < 1.29 is 19.1 Å². The normalized spacial score (nSPS) is 25.2. The van der Waals surface area contributed by atoms with Gasteiger partial charge in [0.25, 0.3) is 0 Å². The van der Waals surface area contributed by atoms with Gasteiger partial charge in [0.15, 0.2) is 11.6 Å². The number of ether oxygens (including phenoxy) is 1. The van der Waals surface area contributed by atoms with Crippen molar-refractivity contribution in [3.05, 3.63) is 94.5 Å². The molecular formula is C29H23ClN2O4. The molecule has 3 aromatic carbocycles. The third-order valence-corrected chi connectivity index (χ3v) is 8.01. The van der Waals surface area contributed by atoms with Crippen LogP contribution in [0.15, 0.2) is 72.8 Å². The predicted octanol–water partition coefficient (Wildman–Crippen LogP) is 4.91. The van der Waals surface area contributed by atoms with Gasteiger partial charge in [-0.3, -0.25) is 14.4 Å². The van der Waals surface area contributed by atoms with Crippen molar-refractivity contribution in [3.8, 4) is 5.75 Å². The minimum Gasteiger partial charge on any atom is -0.497 e. The molecule has 0 saturated carbocycles. The summed E-state index contributed by atoms with van der Waals surface area (Å²) in [5, 5.41) is 3.29. The minimum absolute atomic E-state index is 0.198. The number of ketones is 2. The molecule has 6 nitrogen and oxygen atoms in total. The maximum atomic E-state index is 14.4. The topological polar surface area (TPSA) is 75.7 Å². The van der Waals surface area contributed by atoms with Gasteiger partial charge in [-0.1, -0.05) is 54.1 Å². The van der Waals surface area contributed by atoms with E-state index < -0.39 is 23.4 Å². The van der Waals surface area contributed by atoms with E-state index in [0.717, 1.165) is 11.3 Å². The number of benzene rings is 3. The summed E-state index contributed by atoms with van der Waals surface area (Å²) in [6.07, 6.45) is 3.87. The zero-order valence-electron chi connectivity index (χ0n) is 19.7. The Morgan fingerprint density at radius 2 is 1.81 bits per heavy atom. The summed E-state index contributed by atoms with van der Waals surface area (Å²) in [7, 11) is 1.60. The number of methoxy groups -OCH3 is 1. The number of Topliss-reactive ketones (excluding diaryl/α,β-unsaturated/α-hetero) is 2. The molecule has 3 aliphatic rings. The Hall–Kier alpha value is -3.90. The van der Waals surface area contributed by atoms with Gasteiger partial charge >= 0.3 is 0 Å². The standard InChI is InChI=1S/C29H23ClN2O4/c1-16(33)26-25(27(34)19-7-3-5-9-21(19)30)29(20-8-4-6-10-22(20)31-28(29)35)24-14-11-17-15-18(36-2)12-13-23(17)32(24)26/h3-15,24-26H,1-2H3,(H,31,35)/t24-,25+,26+,29+/m0/s1. The van der Waals surface area contributed by atoms with Crippen LogP contribution in [-0.4, -0.2) is 36.7 Å². The predicted molar refractivity (Wildman–Crippen MR) is 139 cm³/mol. The molecule has 1 saturated heterocycles. The van der Waals surface area contributed by atoms with Gasteiger partial charge in [-0.05, 0) is 48.9 Å². The smallest absolute Gasteiger partial charge is 0.238 e. The van der Waals surface area contributed by atoms with Crippen molar-refractivity contribution in [1.82, 2.24) is 0 Å². The Kier molecular flexibility index (Phi) is 5.05. The first kappa shape index (κ1) is 22.6. The van der Waals surface area contributed by atoms with Crippen LogP contribution in [0.1, 0.15) is 28.4 Å². The summed E-state index contributed by atoms with van der Waals surface area (Å²) in [6.45, 7) is 1.48. The van der Waals surface area contributed by atoms with Crippen LogP contribution in [0.3, 0.4) is 0 Å². The summed E-state index contributed by atoms with van der Waals surface area (Å²) in [6, 6.07) is 18.3. The lowest BCUT2D eigenvalue weighted by Gasteiger charge is -2.37. The summed E-state index contributed by atoms with van der Waals surface area (Å²) in [5.41, 5.74) is 1.96. The average Bonchev–Trinajstić information content (AvgIpc) is 3.36. The molecule has 0 unspecified atom stereocenters. The Morgan fingerprint density at radius 1 is 1.06 bits per heavy atom. The summed E-state index contributed by atoms with van der Waals surface area (Å²) < 4.78 is 5.40. The quantitative estimate of drug-likeness (QED) is 0.517. The fourth-order valence-corrected chi connectivity index (χ4v) is 6.49. The molecular weight excluding hydrogens is 476 g/mol. The Bertz CT molecular complexity index is 1480. The maximum absolute atomic E-state index is 14.4. The molecule has 0 bridgehead atoms. The molecule has 3 aliphatic heterocycles. The second-order valence-electron chi connectivity index (χ2n) is 9.38. The number of nitrogens with zero attached hydrogens (tertiary/aromatic N) is 1. The van der Waals surface area contributed by atoms with Gasteiger partial charge in [0, 0.05) is 22.5 Å². The molecule has 3 heterocycles. The van der Waals surface area contributed by atoms with E-state index in [1.165, 1.54) is 6.92 Å². The molecule has 1 N–H and O–H groups in total. The molecule has 0 aromatic heterocycles. The molecule has 6 rings (SSSR count). The minimum atomic E-state index is -1.32. The van der Waals surface area contributed by atoms with E-state index in [1.54, 1.807) is 31.4 Å². The van der Waals surface area contributed by atoms with Crippen molar-refractivity contribution >= 4 is 46.5 Å². The van der Waals surface area contributed by atoms with Crippen molar-refractivity contribution in [2.45, 2.75) is 24.4 Å². The zero-order valence-corrected chi connectivity index (χ0v) is 20.5. The lowest BCUT2D eigenvalue weighted by atomic mass is 9.64. The van der Waals surface area contributed by atoms with Gasteiger partial charge in [0.2, 0.25) is 5.91 Å². The second-order valence-corrected chi connectivity index (χ2v) is 9.79. The summed E-state index contributed by atoms with van der Waals surface area (Å²) in [5.74, 6) is -1.14. The number of rotatable bonds is 4. The van der Waals surface area contributed by atoms with Crippen LogP contribution in [0.2, 0.25) is 5.02 Å². The van der Waals surface area contributed by atoms with Crippen molar-refractivity contribution in [3.63, 3.8) is 0 Å². The van der Waals surface area contributed by atoms with E-state index in [4.69, 9.17) is 16.3 Å². The van der Waals surface area contributed by atoms with E-state index in [1.807, 2.05) is 59.5 Å². The number of halogens is 1. The highest BCUT2D eigenvalue weighted by Crippen LogP contribution is 2.58. The molecule has 36 heavy (non-hydrogen) atoms. The van der Waals surface area contributed by atoms with Gasteiger partial charge in [-0.15, -0.1) is 0 Å². The van der Waals surface area contributed by atoms with E-state index in [2.05, 4.69) is 5.32 Å². The lowest BCUT2D eigenvalue weighted by Crippen LogP contribution is -2.51. The van der Waals surface area contributed by atoms with E-state index in [0.29, 0.717) is 22.6 Å². The molecule has 4 atom stereocenters. The third kappa shape index (κ3) is 2.88. The number of hydrogen-bond donors (Lipinski definition) is 1. The van der Waals surface area contributed by atoms with Crippen LogP contribution >= 0.6 is 11.6 Å². The number of fused-ring (bicyclic) bond motifs is 6. The van der Waals surface area contributed by atoms with E-state index in [-0.39, 0.29) is 22.5 Å². The first-order chi connectivity index (χ1) is 17.4. The molecule has 0 radical (unpaired) electrons. The molecule has 1 spiro atoms. The van der Waals surface area contributed by atoms with Crippen LogP contribution in [0.25, 0.3) is 6.08 Å². The maximum Gasteiger partial charge on any atom is 0.238 e. The SMILES string of the molecule is COc1ccc2c(c1)C=C[C@@H]1N2[C@H](C(C)=O)[C@H](C(=O)c2ccccc2Cl)[C@]12C(=O)Nc1ccccc12. The monoisotopic (exact) mass is 498 g/mol. The first-order valence-electron chi connectivity index (χ1n) is 11.7. The van der Waals surface area contributed by atoms with E-state index >= 15 is 0 Å². The first-order valence-corrected chi connectivity index (χ1v) is 12.1. The number of carbonyl (C=O) groups is 3. The van der Waals surface area contributed by atoms with Gasteiger partial charge in [0.05, 0.1) is 30.1 Å². The molecule has 0 aliphatic carbocycles. The molecule has 1 amide bonds. The summed E-state index contributed by atoms with van der Waals surface area (Å²) in [4.78, 5) is 43.8. The highest BCUT2D eigenvalue weighted by molar-refractivity contribution is 6.34.